The van der Waals surface area contributed by atoms with E-state index in [2.05, 4.69) is 27.3 Å². The second kappa shape index (κ2) is 8.51. The van der Waals surface area contributed by atoms with E-state index in [4.69, 9.17) is 4.74 Å². The largest absolute Gasteiger partial charge is 0.489 e. The van der Waals surface area contributed by atoms with Gasteiger partial charge in [0, 0.05) is 56.0 Å². The molecule has 3 atom stereocenters. The summed E-state index contributed by atoms with van der Waals surface area (Å²) in [5.41, 5.74) is 2.84. The van der Waals surface area contributed by atoms with Crippen LogP contribution in [0.15, 0.2) is 42.7 Å². The van der Waals surface area contributed by atoms with Crippen LogP contribution in [0, 0.1) is 0 Å². The molecule has 1 aromatic heterocycles. The molecule has 1 aromatic carbocycles. The van der Waals surface area contributed by atoms with Crippen LogP contribution in [0.1, 0.15) is 59.5 Å². The number of hydrogen-bond donors (Lipinski definition) is 1. The highest BCUT2D eigenvalue weighted by molar-refractivity contribution is 6.05. The molecule has 8 nitrogen and oxygen atoms in total. The van der Waals surface area contributed by atoms with E-state index < -0.39 is 6.04 Å². The molecule has 1 saturated carbocycles. The maximum absolute atomic E-state index is 12.9. The zero-order valence-corrected chi connectivity index (χ0v) is 19.0. The number of carbonyl (C=O) groups is 3. The molecular formula is C26H28N4O4. The fraction of sp³-hybridized carbons (Fsp3) is 0.462. The van der Waals surface area contributed by atoms with E-state index in [1.165, 1.54) is 5.56 Å². The second-order valence-electron chi connectivity index (χ2n) is 9.80. The van der Waals surface area contributed by atoms with E-state index in [0.29, 0.717) is 30.5 Å². The number of aromatic nitrogens is 1. The molecule has 4 aliphatic rings. The topological polar surface area (TPSA) is 91.8 Å². The van der Waals surface area contributed by atoms with Gasteiger partial charge in [-0.15, -0.1) is 0 Å². The minimum atomic E-state index is -0.596. The van der Waals surface area contributed by atoms with Gasteiger partial charge in [-0.05, 0) is 67.1 Å². The number of benzene rings is 1. The fourth-order valence-electron chi connectivity index (χ4n) is 5.89. The lowest BCUT2D eigenvalue weighted by atomic mass is 9.90. The Kier molecular flexibility index (Phi) is 5.32. The van der Waals surface area contributed by atoms with Crippen LogP contribution >= 0.6 is 0 Å². The molecule has 3 aliphatic heterocycles. The van der Waals surface area contributed by atoms with Gasteiger partial charge in [-0.25, -0.2) is 0 Å². The van der Waals surface area contributed by atoms with Crippen molar-refractivity contribution in [2.75, 3.05) is 13.1 Å². The molecule has 176 valence electrons. The SMILES string of the molecule is O=C1CCC(N2Cc3cc(O[C@H]4CCC[C@@H]4N4CC(c5ccncc5)C4)ccc3C2=O)C(=O)N1. The average Bonchev–Trinajstić information content (AvgIpc) is 3.38. The number of nitrogens with one attached hydrogen (secondary N) is 1. The summed E-state index contributed by atoms with van der Waals surface area (Å²) in [5.74, 6) is 0.523. The van der Waals surface area contributed by atoms with E-state index in [-0.39, 0.29) is 30.2 Å². The predicted molar refractivity (Wildman–Crippen MR) is 123 cm³/mol. The lowest BCUT2D eigenvalue weighted by Crippen LogP contribution is -2.54. The summed E-state index contributed by atoms with van der Waals surface area (Å²) in [5, 5.41) is 2.35. The highest BCUT2D eigenvalue weighted by Crippen LogP contribution is 2.37. The molecule has 0 spiro atoms. The monoisotopic (exact) mass is 460 g/mol. The van der Waals surface area contributed by atoms with Crippen LogP contribution in [0.25, 0.3) is 0 Å². The van der Waals surface area contributed by atoms with E-state index in [1.54, 1.807) is 4.90 Å². The van der Waals surface area contributed by atoms with Crippen LogP contribution in [0.5, 0.6) is 5.75 Å². The Morgan fingerprint density at radius 3 is 2.62 bits per heavy atom. The van der Waals surface area contributed by atoms with Gasteiger partial charge in [0.05, 0.1) is 0 Å². The number of hydrogen-bond acceptors (Lipinski definition) is 6. The Morgan fingerprint density at radius 2 is 1.82 bits per heavy atom. The highest BCUT2D eigenvalue weighted by atomic mass is 16.5. The summed E-state index contributed by atoms with van der Waals surface area (Å²) >= 11 is 0. The zero-order chi connectivity index (χ0) is 23.2. The standard InChI is InChI=1S/C26H28N4O4/c31-24-7-6-22(25(32)28-24)30-15-17-12-19(4-5-20(17)26(30)33)34-23-3-1-2-21(23)29-13-18(14-29)16-8-10-27-11-9-16/h4-5,8-12,18,21-23H,1-3,6-7,13-15H2,(H,28,31,32)/t21-,22?,23-/m0/s1. The van der Waals surface area contributed by atoms with Gasteiger partial charge in [0.15, 0.2) is 0 Å². The lowest BCUT2D eigenvalue weighted by molar-refractivity contribution is -0.136. The van der Waals surface area contributed by atoms with Crippen LogP contribution in [0.3, 0.4) is 0 Å². The first-order valence-electron chi connectivity index (χ1n) is 12.1. The lowest BCUT2D eigenvalue weighted by Gasteiger charge is -2.45. The van der Waals surface area contributed by atoms with Crippen molar-refractivity contribution in [3.63, 3.8) is 0 Å². The maximum Gasteiger partial charge on any atom is 0.255 e. The third kappa shape index (κ3) is 3.76. The Bertz CT molecular complexity index is 1130. The number of pyridine rings is 1. The number of ether oxygens (including phenoxy) is 1. The molecule has 3 fully saturated rings. The molecule has 4 heterocycles. The molecule has 2 aromatic rings. The van der Waals surface area contributed by atoms with Gasteiger partial charge in [-0.1, -0.05) is 0 Å². The molecule has 6 rings (SSSR count). The fourth-order valence-corrected chi connectivity index (χ4v) is 5.89. The van der Waals surface area contributed by atoms with Crippen LogP contribution < -0.4 is 10.1 Å². The summed E-state index contributed by atoms with van der Waals surface area (Å²) in [6.45, 7) is 2.47. The third-order valence-corrected chi connectivity index (χ3v) is 7.76. The summed E-state index contributed by atoms with van der Waals surface area (Å²) in [6, 6.07) is 9.66. The molecule has 8 heteroatoms. The summed E-state index contributed by atoms with van der Waals surface area (Å²) in [6.07, 6.45) is 7.80. The van der Waals surface area contributed by atoms with Crippen molar-refractivity contribution in [1.29, 1.82) is 0 Å². The molecular weight excluding hydrogens is 432 g/mol. The van der Waals surface area contributed by atoms with E-state index in [0.717, 1.165) is 43.7 Å². The van der Waals surface area contributed by atoms with Gasteiger partial charge < -0.3 is 9.64 Å². The molecule has 0 bridgehead atoms. The van der Waals surface area contributed by atoms with Crippen molar-refractivity contribution in [3.05, 3.63) is 59.4 Å². The normalized spacial score (nSPS) is 27.5. The number of imide groups is 1. The zero-order valence-electron chi connectivity index (χ0n) is 19.0. The van der Waals surface area contributed by atoms with Crippen molar-refractivity contribution >= 4 is 17.7 Å². The van der Waals surface area contributed by atoms with Gasteiger partial charge in [-0.2, -0.15) is 0 Å². The number of likely N-dealkylation sites (tertiary alicyclic amines) is 1. The van der Waals surface area contributed by atoms with Gasteiger partial charge in [0.2, 0.25) is 11.8 Å². The molecule has 1 N–H and O–H groups in total. The smallest absolute Gasteiger partial charge is 0.255 e. The maximum atomic E-state index is 12.9. The Balaban J connectivity index is 1.11. The first-order valence-corrected chi connectivity index (χ1v) is 12.1. The summed E-state index contributed by atoms with van der Waals surface area (Å²) < 4.78 is 6.46. The van der Waals surface area contributed by atoms with Crippen molar-refractivity contribution in [2.45, 2.75) is 62.8 Å². The number of rotatable bonds is 5. The van der Waals surface area contributed by atoms with Gasteiger partial charge in [-0.3, -0.25) is 29.6 Å². The van der Waals surface area contributed by atoms with Crippen molar-refractivity contribution in [3.8, 4) is 5.75 Å². The van der Waals surface area contributed by atoms with Gasteiger partial charge in [0.25, 0.3) is 5.91 Å². The van der Waals surface area contributed by atoms with Gasteiger partial charge in [0.1, 0.15) is 17.9 Å². The van der Waals surface area contributed by atoms with Crippen molar-refractivity contribution < 1.29 is 19.1 Å². The molecule has 1 aliphatic carbocycles. The van der Waals surface area contributed by atoms with Crippen molar-refractivity contribution in [2.24, 2.45) is 0 Å². The summed E-state index contributed by atoms with van der Waals surface area (Å²) in [4.78, 5) is 44.9. The average molecular weight is 461 g/mol. The predicted octanol–water partition coefficient (Wildman–Crippen LogP) is 2.24. The minimum Gasteiger partial charge on any atom is -0.489 e. The van der Waals surface area contributed by atoms with Crippen LogP contribution in [0.4, 0.5) is 0 Å². The third-order valence-electron chi connectivity index (χ3n) is 7.76. The van der Waals surface area contributed by atoms with Crippen LogP contribution in [-0.4, -0.2) is 63.8 Å². The van der Waals surface area contributed by atoms with E-state index >= 15 is 0 Å². The van der Waals surface area contributed by atoms with E-state index in [9.17, 15) is 14.4 Å². The minimum absolute atomic E-state index is 0.139. The molecule has 0 radical (unpaired) electrons. The molecule has 2 saturated heterocycles. The Morgan fingerprint density at radius 1 is 1.00 bits per heavy atom. The van der Waals surface area contributed by atoms with Crippen molar-refractivity contribution in [1.82, 2.24) is 20.1 Å². The second-order valence-corrected chi connectivity index (χ2v) is 9.80. The quantitative estimate of drug-likeness (QED) is 0.688. The van der Waals surface area contributed by atoms with E-state index in [1.807, 2.05) is 30.6 Å². The number of carbonyl (C=O) groups excluding carboxylic acids is 3. The number of fused-ring (bicyclic) bond motifs is 1. The highest BCUT2D eigenvalue weighted by Gasteiger charge is 2.41. The number of piperidine rings is 1. The Labute approximate surface area is 198 Å². The molecule has 3 amide bonds. The summed E-state index contributed by atoms with van der Waals surface area (Å²) in [7, 11) is 0. The first-order chi connectivity index (χ1) is 16.6. The molecule has 34 heavy (non-hydrogen) atoms. The molecule has 1 unspecified atom stereocenters. The number of nitrogens with zero attached hydrogens (tertiary/aromatic N) is 3. The van der Waals surface area contributed by atoms with Crippen LogP contribution in [0.2, 0.25) is 0 Å². The van der Waals surface area contributed by atoms with Crippen LogP contribution in [-0.2, 0) is 16.1 Å². The Hall–Kier alpha value is -3.26. The van der Waals surface area contributed by atoms with Gasteiger partial charge >= 0.3 is 0 Å². The number of amides is 3. The first kappa shape index (κ1) is 21.3.